The van der Waals surface area contributed by atoms with E-state index in [4.69, 9.17) is 30.7 Å². The van der Waals surface area contributed by atoms with E-state index in [9.17, 15) is 4.79 Å². The molecule has 1 aliphatic carbocycles. The number of halogens is 1. The molecule has 162 valence electrons. The Morgan fingerprint density at radius 2 is 2.03 bits per heavy atom. The second kappa shape index (κ2) is 9.78. The van der Waals surface area contributed by atoms with Crippen LogP contribution < -0.4 is 9.47 Å². The second-order valence-corrected chi connectivity index (χ2v) is 7.80. The number of rotatable bonds is 9. The number of carboxylic acid groups (broad SMARTS) is 1. The van der Waals surface area contributed by atoms with Crippen LogP contribution in [0, 0.1) is 5.92 Å². The summed E-state index contributed by atoms with van der Waals surface area (Å²) in [5.41, 5.74) is 1.34. The number of carbonyl (C=O) groups is 1. The van der Waals surface area contributed by atoms with Gasteiger partial charge in [-0.05, 0) is 42.5 Å². The fraction of sp³-hybridized carbons (Fsp3) is 0.364. The summed E-state index contributed by atoms with van der Waals surface area (Å²) in [4.78, 5) is 19.5. The standard InChI is InChI=1S/C22H22ClN3O5/c23-20-15(7-3-9-17(20)29-13-19(27)28)11-18-25-22(31-26-18)16-8-4-10-24-21(16)30-12-14-5-1-2-6-14/h3-4,7-10,14H,1-2,5-6,11-13H2,(H,27,28). The molecule has 4 rings (SSSR count). The Balaban J connectivity index is 1.48. The van der Waals surface area contributed by atoms with Crippen molar-refractivity contribution in [2.75, 3.05) is 13.2 Å². The van der Waals surface area contributed by atoms with Gasteiger partial charge in [0.25, 0.3) is 5.89 Å². The monoisotopic (exact) mass is 443 g/mol. The van der Waals surface area contributed by atoms with E-state index >= 15 is 0 Å². The Labute approximate surface area is 184 Å². The molecule has 0 bridgehead atoms. The molecule has 0 spiro atoms. The van der Waals surface area contributed by atoms with Gasteiger partial charge in [0.15, 0.2) is 12.4 Å². The molecule has 8 nitrogen and oxygen atoms in total. The predicted octanol–water partition coefficient (Wildman–Crippen LogP) is 4.41. The summed E-state index contributed by atoms with van der Waals surface area (Å²) in [5.74, 6) is 1.00. The molecule has 31 heavy (non-hydrogen) atoms. The van der Waals surface area contributed by atoms with Crippen molar-refractivity contribution in [3.63, 3.8) is 0 Å². The van der Waals surface area contributed by atoms with Crippen LogP contribution in [-0.2, 0) is 11.2 Å². The number of pyridine rings is 1. The molecule has 0 atom stereocenters. The van der Waals surface area contributed by atoms with E-state index < -0.39 is 12.6 Å². The van der Waals surface area contributed by atoms with Gasteiger partial charge in [0.2, 0.25) is 5.88 Å². The Hall–Kier alpha value is -3.13. The van der Waals surface area contributed by atoms with Crippen molar-refractivity contribution >= 4 is 17.6 Å². The lowest BCUT2D eigenvalue weighted by Gasteiger charge is -2.11. The fourth-order valence-corrected chi connectivity index (χ4v) is 3.84. The van der Waals surface area contributed by atoms with Crippen LogP contribution in [0.2, 0.25) is 5.02 Å². The van der Waals surface area contributed by atoms with Gasteiger partial charge in [0, 0.05) is 12.6 Å². The number of benzene rings is 1. The van der Waals surface area contributed by atoms with E-state index in [1.165, 1.54) is 25.7 Å². The van der Waals surface area contributed by atoms with E-state index in [2.05, 4.69) is 15.1 Å². The van der Waals surface area contributed by atoms with E-state index in [1.54, 1.807) is 30.5 Å². The first kappa shape index (κ1) is 21.1. The number of aliphatic carboxylic acids is 1. The van der Waals surface area contributed by atoms with E-state index in [0.29, 0.717) is 58.4 Å². The molecule has 2 aromatic heterocycles. The van der Waals surface area contributed by atoms with Gasteiger partial charge in [-0.2, -0.15) is 4.98 Å². The van der Waals surface area contributed by atoms with Crippen LogP contribution in [0.3, 0.4) is 0 Å². The zero-order valence-corrected chi connectivity index (χ0v) is 17.5. The zero-order chi connectivity index (χ0) is 21.6. The summed E-state index contributed by atoms with van der Waals surface area (Å²) in [6.45, 7) is 0.157. The first-order valence-electron chi connectivity index (χ1n) is 10.1. The average Bonchev–Trinajstić information content (AvgIpc) is 3.45. The van der Waals surface area contributed by atoms with E-state index in [1.807, 2.05) is 6.07 Å². The van der Waals surface area contributed by atoms with Crippen LogP contribution in [0.5, 0.6) is 11.6 Å². The summed E-state index contributed by atoms with van der Waals surface area (Å²) in [6, 6.07) is 8.77. The minimum atomic E-state index is -1.08. The highest BCUT2D eigenvalue weighted by Gasteiger charge is 2.20. The molecule has 1 fully saturated rings. The number of carboxylic acids is 1. The van der Waals surface area contributed by atoms with Crippen LogP contribution in [0.25, 0.3) is 11.5 Å². The molecular weight excluding hydrogens is 422 g/mol. The molecular formula is C22H22ClN3O5. The minimum Gasteiger partial charge on any atom is -0.480 e. The molecule has 1 N–H and O–H groups in total. The maximum absolute atomic E-state index is 10.7. The molecule has 0 radical (unpaired) electrons. The third kappa shape index (κ3) is 5.32. The van der Waals surface area contributed by atoms with Crippen molar-refractivity contribution in [2.24, 2.45) is 5.92 Å². The summed E-state index contributed by atoms with van der Waals surface area (Å²) < 4.78 is 16.6. The van der Waals surface area contributed by atoms with Gasteiger partial charge in [-0.15, -0.1) is 0 Å². The molecule has 3 aromatic rings. The van der Waals surface area contributed by atoms with E-state index in [-0.39, 0.29) is 0 Å². The number of nitrogens with zero attached hydrogens (tertiary/aromatic N) is 3. The van der Waals surface area contributed by atoms with Crippen molar-refractivity contribution in [1.29, 1.82) is 0 Å². The molecule has 0 saturated heterocycles. The Bertz CT molecular complexity index is 1050. The summed E-state index contributed by atoms with van der Waals surface area (Å²) in [5, 5.41) is 13.2. The molecule has 2 heterocycles. The molecule has 1 saturated carbocycles. The van der Waals surface area contributed by atoms with Crippen molar-refractivity contribution in [3.8, 4) is 23.1 Å². The van der Waals surface area contributed by atoms with E-state index in [0.717, 1.165) is 0 Å². The predicted molar refractivity (Wildman–Crippen MR) is 112 cm³/mol. The van der Waals surface area contributed by atoms with Gasteiger partial charge in [0.1, 0.15) is 11.3 Å². The minimum absolute atomic E-state index is 0.292. The van der Waals surface area contributed by atoms with Crippen LogP contribution >= 0.6 is 11.6 Å². The van der Waals surface area contributed by atoms with Crippen LogP contribution in [0.1, 0.15) is 37.1 Å². The molecule has 9 heteroatoms. The third-order valence-electron chi connectivity index (χ3n) is 5.14. The number of hydrogen-bond donors (Lipinski definition) is 1. The summed E-state index contributed by atoms with van der Waals surface area (Å²) in [7, 11) is 0. The number of hydrogen-bond acceptors (Lipinski definition) is 7. The lowest BCUT2D eigenvalue weighted by molar-refractivity contribution is -0.139. The van der Waals surface area contributed by atoms with Crippen LogP contribution in [0.4, 0.5) is 0 Å². The van der Waals surface area contributed by atoms with Gasteiger partial charge in [0.05, 0.1) is 11.6 Å². The van der Waals surface area contributed by atoms with Crippen molar-refractivity contribution in [1.82, 2.24) is 15.1 Å². The van der Waals surface area contributed by atoms with Crippen LogP contribution in [0.15, 0.2) is 41.1 Å². The maximum atomic E-state index is 10.7. The first-order chi connectivity index (χ1) is 15.1. The van der Waals surface area contributed by atoms with Crippen molar-refractivity contribution < 1.29 is 23.9 Å². The fourth-order valence-electron chi connectivity index (χ4n) is 3.59. The molecule has 1 aromatic carbocycles. The Morgan fingerprint density at radius 3 is 2.84 bits per heavy atom. The summed E-state index contributed by atoms with van der Waals surface area (Å²) in [6.07, 6.45) is 6.84. The largest absolute Gasteiger partial charge is 0.480 e. The topological polar surface area (TPSA) is 108 Å². The Kier molecular flexibility index (Phi) is 6.66. The van der Waals surface area contributed by atoms with Crippen LogP contribution in [-0.4, -0.2) is 39.4 Å². The Morgan fingerprint density at radius 1 is 1.19 bits per heavy atom. The normalized spacial score (nSPS) is 14.0. The number of aromatic nitrogens is 3. The highest BCUT2D eigenvalue weighted by Crippen LogP contribution is 2.32. The molecule has 0 amide bonds. The number of ether oxygens (including phenoxy) is 2. The second-order valence-electron chi connectivity index (χ2n) is 7.42. The van der Waals surface area contributed by atoms with Gasteiger partial charge >= 0.3 is 5.97 Å². The van der Waals surface area contributed by atoms with Gasteiger partial charge in [-0.25, -0.2) is 9.78 Å². The van der Waals surface area contributed by atoms with Gasteiger partial charge < -0.3 is 19.1 Å². The quantitative estimate of drug-likeness (QED) is 0.518. The highest BCUT2D eigenvalue weighted by atomic mass is 35.5. The summed E-state index contributed by atoms with van der Waals surface area (Å²) >= 11 is 6.36. The van der Waals surface area contributed by atoms with Crippen molar-refractivity contribution in [2.45, 2.75) is 32.1 Å². The van der Waals surface area contributed by atoms with Gasteiger partial charge in [-0.3, -0.25) is 0 Å². The lowest BCUT2D eigenvalue weighted by atomic mass is 10.1. The lowest BCUT2D eigenvalue weighted by Crippen LogP contribution is -2.10. The molecule has 1 aliphatic rings. The zero-order valence-electron chi connectivity index (χ0n) is 16.8. The first-order valence-corrected chi connectivity index (χ1v) is 10.5. The average molecular weight is 444 g/mol. The maximum Gasteiger partial charge on any atom is 0.341 e. The SMILES string of the molecule is O=C(O)COc1cccc(Cc2noc(-c3cccnc3OCC3CCCC3)n2)c1Cl. The third-order valence-corrected chi connectivity index (χ3v) is 5.57. The smallest absolute Gasteiger partial charge is 0.341 e. The highest BCUT2D eigenvalue weighted by molar-refractivity contribution is 6.32. The van der Waals surface area contributed by atoms with Gasteiger partial charge in [-0.1, -0.05) is 41.7 Å². The van der Waals surface area contributed by atoms with Crippen molar-refractivity contribution in [3.05, 3.63) is 52.9 Å². The molecule has 0 aliphatic heterocycles. The molecule has 0 unspecified atom stereocenters.